The van der Waals surface area contributed by atoms with Crippen molar-refractivity contribution in [3.05, 3.63) is 29.8 Å². The Morgan fingerprint density at radius 1 is 0.923 bits per heavy atom. The van der Waals surface area contributed by atoms with Crippen LogP contribution in [0.25, 0.3) is 0 Å². The minimum Gasteiger partial charge on any atom is -0.378 e. The average molecular weight is 376 g/mol. The number of benzene rings is 1. The number of rotatable bonds is 8. The summed E-state index contributed by atoms with van der Waals surface area (Å²) in [5, 5.41) is 0.364. The van der Waals surface area contributed by atoms with E-state index in [9.17, 15) is 9.59 Å². The van der Waals surface area contributed by atoms with Gasteiger partial charge in [0, 0.05) is 32.9 Å². The quantitative estimate of drug-likeness (QED) is 0.516. The maximum absolute atomic E-state index is 13.1. The summed E-state index contributed by atoms with van der Waals surface area (Å²) in [6, 6.07) is 7.63. The summed E-state index contributed by atoms with van der Waals surface area (Å²) in [4.78, 5) is 31.4. The van der Waals surface area contributed by atoms with Crippen molar-refractivity contribution in [1.82, 2.24) is 9.80 Å². The van der Waals surface area contributed by atoms with Crippen molar-refractivity contribution in [2.24, 2.45) is 0 Å². The van der Waals surface area contributed by atoms with E-state index in [1.807, 2.05) is 43.3 Å². The van der Waals surface area contributed by atoms with Gasteiger partial charge >= 0.3 is 0 Å². The largest absolute Gasteiger partial charge is 0.378 e. The highest BCUT2D eigenvalue weighted by atomic mass is 32.1. The molecule has 0 aliphatic carbocycles. The summed E-state index contributed by atoms with van der Waals surface area (Å²) < 4.78 is 0. The zero-order valence-corrected chi connectivity index (χ0v) is 17.0. The highest BCUT2D eigenvalue weighted by Gasteiger charge is 2.43. The number of unbranched alkanes of at least 4 members (excludes halogenated alkanes) is 2. The Balaban J connectivity index is 2.36. The Bertz CT molecular complexity index is 628. The lowest BCUT2D eigenvalue weighted by Gasteiger charge is -2.39. The van der Waals surface area contributed by atoms with Gasteiger partial charge in [0.15, 0.2) is 5.11 Å². The van der Waals surface area contributed by atoms with E-state index in [1.54, 1.807) is 9.80 Å². The van der Waals surface area contributed by atoms with Crippen molar-refractivity contribution in [2.75, 3.05) is 32.1 Å². The molecule has 1 aromatic rings. The fourth-order valence-corrected chi connectivity index (χ4v) is 3.41. The Labute approximate surface area is 161 Å². The lowest BCUT2D eigenvalue weighted by atomic mass is 9.93. The van der Waals surface area contributed by atoms with Crippen molar-refractivity contribution in [3.63, 3.8) is 0 Å². The zero-order valence-electron chi connectivity index (χ0n) is 16.2. The number of hydrogen-bond acceptors (Lipinski definition) is 4. The summed E-state index contributed by atoms with van der Waals surface area (Å²) in [5.41, 5.74) is 1.77. The lowest BCUT2D eigenvalue weighted by molar-refractivity contribution is -0.143. The molecule has 0 aromatic heterocycles. The highest BCUT2D eigenvalue weighted by Crippen LogP contribution is 2.29. The Hall–Kier alpha value is -1.95. The van der Waals surface area contributed by atoms with Gasteiger partial charge in [-0.05, 0) is 42.8 Å². The zero-order chi connectivity index (χ0) is 19.3. The molecule has 0 N–H and O–H groups in total. The number of amides is 2. The van der Waals surface area contributed by atoms with E-state index in [0.29, 0.717) is 18.2 Å². The molecular formula is C20H29N3O2S. The minimum absolute atomic E-state index is 0.196. The van der Waals surface area contributed by atoms with Gasteiger partial charge < -0.3 is 4.90 Å². The molecule has 142 valence electrons. The third-order valence-electron chi connectivity index (χ3n) is 4.70. The van der Waals surface area contributed by atoms with Gasteiger partial charge in [0.2, 0.25) is 11.8 Å². The third kappa shape index (κ3) is 4.23. The smallest absolute Gasteiger partial charge is 0.245 e. The first-order valence-corrected chi connectivity index (χ1v) is 9.77. The number of anilines is 1. The van der Waals surface area contributed by atoms with Gasteiger partial charge in [-0.3, -0.25) is 19.4 Å². The summed E-state index contributed by atoms with van der Waals surface area (Å²) >= 11 is 5.49. The second-order valence-corrected chi connectivity index (χ2v) is 7.25. The van der Waals surface area contributed by atoms with Crippen molar-refractivity contribution in [3.8, 4) is 0 Å². The molecule has 1 saturated heterocycles. The molecule has 0 atom stereocenters. The van der Waals surface area contributed by atoms with E-state index in [1.165, 1.54) is 0 Å². The summed E-state index contributed by atoms with van der Waals surface area (Å²) in [6.07, 6.45) is 3.68. The number of carbonyl (C=O) groups is 2. The van der Waals surface area contributed by atoms with Crippen molar-refractivity contribution in [2.45, 2.75) is 45.4 Å². The standard InChI is InChI=1S/C20H29N3O2S/c1-5-7-13-22-18(24)17(15-9-11-16(12-10-15)21(3)4)19(25)23(20(22)26)14-8-6-2/h9-12,17H,5-8,13-14H2,1-4H3. The number of carbonyl (C=O) groups excluding carboxylic acids is 2. The first kappa shape index (κ1) is 20.4. The molecule has 6 heteroatoms. The molecule has 2 rings (SSSR count). The summed E-state index contributed by atoms with van der Waals surface area (Å²) in [7, 11) is 3.92. The molecule has 1 aliphatic heterocycles. The topological polar surface area (TPSA) is 43.9 Å². The van der Waals surface area contributed by atoms with Crippen molar-refractivity contribution in [1.29, 1.82) is 0 Å². The van der Waals surface area contributed by atoms with Crippen LogP contribution in [0.4, 0.5) is 5.69 Å². The SMILES string of the molecule is CCCCN1C(=O)C(c2ccc(N(C)C)cc2)C(=O)N(CCCC)C1=S. The predicted molar refractivity (Wildman–Crippen MR) is 109 cm³/mol. The van der Waals surface area contributed by atoms with Crippen molar-refractivity contribution >= 4 is 34.8 Å². The van der Waals surface area contributed by atoms with Gasteiger partial charge in [-0.15, -0.1) is 0 Å². The molecule has 1 heterocycles. The maximum atomic E-state index is 13.1. The lowest BCUT2D eigenvalue weighted by Crippen LogP contribution is -2.58. The summed E-state index contributed by atoms with van der Waals surface area (Å²) in [5.74, 6) is -1.19. The van der Waals surface area contributed by atoms with Gasteiger partial charge in [-0.25, -0.2) is 0 Å². The van der Waals surface area contributed by atoms with Gasteiger partial charge in [0.05, 0.1) is 0 Å². The van der Waals surface area contributed by atoms with Crippen LogP contribution in [-0.2, 0) is 9.59 Å². The average Bonchev–Trinajstić information content (AvgIpc) is 2.62. The molecule has 2 amide bonds. The molecule has 1 aromatic carbocycles. The van der Waals surface area contributed by atoms with Crippen LogP contribution >= 0.6 is 12.2 Å². The number of thiocarbonyl (C=S) groups is 1. The first-order chi connectivity index (χ1) is 12.4. The van der Waals surface area contributed by atoms with E-state index in [0.717, 1.165) is 36.9 Å². The molecule has 0 saturated carbocycles. The fourth-order valence-electron chi connectivity index (χ4n) is 3.05. The van der Waals surface area contributed by atoms with Gasteiger partial charge in [0.1, 0.15) is 5.92 Å². The van der Waals surface area contributed by atoms with Crippen LogP contribution in [0.5, 0.6) is 0 Å². The summed E-state index contributed by atoms with van der Waals surface area (Å²) in [6.45, 7) is 5.29. The number of nitrogens with zero attached hydrogens (tertiary/aromatic N) is 3. The van der Waals surface area contributed by atoms with E-state index in [2.05, 4.69) is 13.8 Å². The third-order valence-corrected chi connectivity index (χ3v) is 5.14. The Morgan fingerprint density at radius 2 is 1.38 bits per heavy atom. The predicted octanol–water partition coefficient (Wildman–Crippen LogP) is 3.39. The molecule has 0 bridgehead atoms. The van der Waals surface area contributed by atoms with Crippen LogP contribution in [0.1, 0.15) is 51.0 Å². The first-order valence-electron chi connectivity index (χ1n) is 9.36. The van der Waals surface area contributed by atoms with Crippen LogP contribution in [0, 0.1) is 0 Å². The second kappa shape index (κ2) is 9.12. The Kier molecular flexibility index (Phi) is 7.14. The molecule has 5 nitrogen and oxygen atoms in total. The van der Waals surface area contributed by atoms with Crippen LogP contribution in [0.2, 0.25) is 0 Å². The maximum Gasteiger partial charge on any atom is 0.245 e. The van der Waals surface area contributed by atoms with Crippen molar-refractivity contribution < 1.29 is 9.59 Å². The fraction of sp³-hybridized carbons (Fsp3) is 0.550. The van der Waals surface area contributed by atoms with Crippen LogP contribution in [0.3, 0.4) is 0 Å². The Morgan fingerprint density at radius 3 is 1.77 bits per heavy atom. The number of hydrogen-bond donors (Lipinski definition) is 0. The monoisotopic (exact) mass is 375 g/mol. The molecule has 0 spiro atoms. The van der Waals surface area contributed by atoms with E-state index in [4.69, 9.17) is 12.2 Å². The van der Waals surface area contributed by atoms with E-state index < -0.39 is 5.92 Å². The van der Waals surface area contributed by atoms with Crippen LogP contribution in [0.15, 0.2) is 24.3 Å². The molecular weight excluding hydrogens is 346 g/mol. The van der Waals surface area contributed by atoms with Crippen LogP contribution in [-0.4, -0.2) is 53.9 Å². The molecule has 26 heavy (non-hydrogen) atoms. The highest BCUT2D eigenvalue weighted by molar-refractivity contribution is 7.80. The normalized spacial score (nSPS) is 15.8. The van der Waals surface area contributed by atoms with Crippen LogP contribution < -0.4 is 4.90 Å². The van der Waals surface area contributed by atoms with E-state index in [-0.39, 0.29) is 11.8 Å². The van der Waals surface area contributed by atoms with E-state index >= 15 is 0 Å². The minimum atomic E-state index is -0.799. The molecule has 1 fully saturated rings. The molecule has 0 unspecified atom stereocenters. The molecule has 0 radical (unpaired) electrons. The second-order valence-electron chi connectivity index (χ2n) is 6.89. The van der Waals surface area contributed by atoms with Gasteiger partial charge in [0.25, 0.3) is 0 Å². The van der Waals surface area contributed by atoms with Gasteiger partial charge in [-0.2, -0.15) is 0 Å². The molecule has 1 aliphatic rings. The van der Waals surface area contributed by atoms with Gasteiger partial charge in [-0.1, -0.05) is 38.8 Å².